The molecule has 0 aromatic heterocycles. The van der Waals surface area contributed by atoms with Gasteiger partial charge in [-0.1, -0.05) is 37.3 Å². The number of hydrogen-bond acceptors (Lipinski definition) is 1. The van der Waals surface area contributed by atoms with Crippen LogP contribution in [0, 0.1) is 0 Å². The van der Waals surface area contributed by atoms with Crippen LogP contribution in [0.5, 0.6) is 0 Å². The summed E-state index contributed by atoms with van der Waals surface area (Å²) in [6, 6.07) is 8.43. The largest absolute Gasteiger partial charge is 0.389 e. The molecule has 1 unspecified atom stereocenters. The molecule has 0 saturated carbocycles. The molecule has 0 aliphatic carbocycles. The van der Waals surface area contributed by atoms with E-state index in [4.69, 9.17) is 0 Å². The van der Waals surface area contributed by atoms with Gasteiger partial charge >= 0.3 is 0 Å². The van der Waals surface area contributed by atoms with Crippen molar-refractivity contribution in [2.45, 2.75) is 33.3 Å². The van der Waals surface area contributed by atoms with Crippen molar-refractivity contribution in [3.63, 3.8) is 0 Å². The summed E-state index contributed by atoms with van der Waals surface area (Å²) in [6.07, 6.45) is 2.73. The Bertz CT molecular complexity index is 307. The van der Waals surface area contributed by atoms with Crippen molar-refractivity contribution < 1.29 is 5.11 Å². The zero-order valence-electron chi connectivity index (χ0n) is 9.12. The number of hydrogen-bond donors (Lipinski definition) is 1. The maximum absolute atomic E-state index is 9.31. The number of aryl methyl sites for hydroxylation is 1. The molecular formula is C13H18O. The lowest BCUT2D eigenvalue weighted by molar-refractivity contribution is 0.232. The maximum atomic E-state index is 9.31. The van der Waals surface area contributed by atoms with E-state index in [-0.39, 0.29) is 6.10 Å². The van der Waals surface area contributed by atoms with Crippen LogP contribution in [0.2, 0.25) is 0 Å². The molecule has 0 bridgehead atoms. The Morgan fingerprint density at radius 3 is 2.36 bits per heavy atom. The van der Waals surface area contributed by atoms with E-state index in [1.807, 2.05) is 13.0 Å². The molecule has 0 amide bonds. The summed E-state index contributed by atoms with van der Waals surface area (Å²) in [6.45, 7) is 5.87. The first kappa shape index (κ1) is 11.0. The minimum absolute atomic E-state index is 0.360. The average Bonchev–Trinajstić information content (AvgIpc) is 2.19. The van der Waals surface area contributed by atoms with Crippen molar-refractivity contribution in [2.24, 2.45) is 0 Å². The quantitative estimate of drug-likeness (QED) is 0.776. The molecule has 0 heterocycles. The number of aliphatic hydroxyl groups is 1. The van der Waals surface area contributed by atoms with Gasteiger partial charge in [0.25, 0.3) is 0 Å². The molecular weight excluding hydrogens is 172 g/mol. The molecule has 0 saturated heterocycles. The molecule has 1 aromatic rings. The molecule has 1 aromatic carbocycles. The second-order valence-corrected chi connectivity index (χ2v) is 3.66. The van der Waals surface area contributed by atoms with Gasteiger partial charge in [-0.15, -0.1) is 0 Å². The molecule has 0 spiro atoms. The summed E-state index contributed by atoms with van der Waals surface area (Å²) < 4.78 is 0. The fourth-order valence-corrected chi connectivity index (χ4v) is 1.23. The summed E-state index contributed by atoms with van der Waals surface area (Å²) in [5, 5.41) is 9.31. The van der Waals surface area contributed by atoms with Crippen molar-refractivity contribution in [2.75, 3.05) is 0 Å². The van der Waals surface area contributed by atoms with Gasteiger partial charge < -0.3 is 5.11 Å². The van der Waals surface area contributed by atoms with Crippen molar-refractivity contribution in [1.82, 2.24) is 0 Å². The summed E-state index contributed by atoms with van der Waals surface area (Å²) in [4.78, 5) is 0. The van der Waals surface area contributed by atoms with E-state index >= 15 is 0 Å². The Labute approximate surface area is 86.1 Å². The zero-order chi connectivity index (χ0) is 10.6. The van der Waals surface area contributed by atoms with Gasteiger partial charge in [-0.25, -0.2) is 0 Å². The van der Waals surface area contributed by atoms with Crippen molar-refractivity contribution in [3.8, 4) is 0 Å². The summed E-state index contributed by atoms with van der Waals surface area (Å²) in [7, 11) is 0. The molecule has 0 aliphatic rings. The Morgan fingerprint density at radius 1 is 1.36 bits per heavy atom. The SMILES string of the molecule is CCc1ccc(/C=C(/C)C(C)O)cc1. The van der Waals surface area contributed by atoms with Crippen LogP contribution in [0.25, 0.3) is 6.08 Å². The van der Waals surface area contributed by atoms with Crippen LogP contribution in [-0.4, -0.2) is 11.2 Å². The van der Waals surface area contributed by atoms with Gasteiger partial charge in [0.2, 0.25) is 0 Å². The predicted octanol–water partition coefficient (Wildman–Crippen LogP) is 3.03. The zero-order valence-corrected chi connectivity index (χ0v) is 9.12. The summed E-state index contributed by atoms with van der Waals surface area (Å²) >= 11 is 0. The van der Waals surface area contributed by atoms with E-state index < -0.39 is 0 Å². The van der Waals surface area contributed by atoms with E-state index in [9.17, 15) is 5.11 Å². The first-order valence-electron chi connectivity index (χ1n) is 5.08. The summed E-state index contributed by atoms with van der Waals surface area (Å²) in [5.41, 5.74) is 3.49. The van der Waals surface area contributed by atoms with Crippen LogP contribution in [0.1, 0.15) is 31.9 Å². The number of rotatable bonds is 3. The van der Waals surface area contributed by atoms with Gasteiger partial charge in [-0.3, -0.25) is 0 Å². The molecule has 0 aliphatic heterocycles. The molecule has 1 rings (SSSR count). The van der Waals surface area contributed by atoms with Gasteiger partial charge in [0, 0.05) is 0 Å². The Morgan fingerprint density at radius 2 is 1.93 bits per heavy atom. The molecule has 1 heteroatoms. The van der Waals surface area contributed by atoms with E-state index in [0.29, 0.717) is 0 Å². The molecule has 1 nitrogen and oxygen atoms in total. The minimum Gasteiger partial charge on any atom is -0.389 e. The maximum Gasteiger partial charge on any atom is 0.0722 e. The topological polar surface area (TPSA) is 20.2 Å². The van der Waals surface area contributed by atoms with Crippen molar-refractivity contribution in [3.05, 3.63) is 41.0 Å². The van der Waals surface area contributed by atoms with Crippen LogP contribution in [-0.2, 0) is 6.42 Å². The highest BCUT2D eigenvalue weighted by molar-refractivity contribution is 5.53. The minimum atomic E-state index is -0.360. The van der Waals surface area contributed by atoms with Crippen LogP contribution in [0.4, 0.5) is 0 Å². The predicted molar refractivity (Wildman–Crippen MR) is 61.2 cm³/mol. The standard InChI is InChI=1S/C13H18O/c1-4-12-5-7-13(8-6-12)9-10(2)11(3)14/h5-9,11,14H,4H2,1-3H3/b10-9-. The second-order valence-electron chi connectivity index (χ2n) is 3.66. The molecule has 14 heavy (non-hydrogen) atoms. The lowest BCUT2D eigenvalue weighted by Gasteiger charge is -2.04. The van der Waals surface area contributed by atoms with Gasteiger partial charge in [0.1, 0.15) is 0 Å². The van der Waals surface area contributed by atoms with Crippen molar-refractivity contribution in [1.29, 1.82) is 0 Å². The monoisotopic (exact) mass is 190 g/mol. The van der Waals surface area contributed by atoms with E-state index in [1.54, 1.807) is 6.92 Å². The smallest absolute Gasteiger partial charge is 0.0722 e. The third kappa shape index (κ3) is 3.00. The fourth-order valence-electron chi connectivity index (χ4n) is 1.23. The van der Waals surface area contributed by atoms with Gasteiger partial charge in [-0.05, 0) is 37.0 Å². The number of aliphatic hydroxyl groups excluding tert-OH is 1. The van der Waals surface area contributed by atoms with Crippen LogP contribution in [0.3, 0.4) is 0 Å². The third-order valence-electron chi connectivity index (χ3n) is 2.44. The third-order valence-corrected chi connectivity index (χ3v) is 2.44. The normalized spacial score (nSPS) is 14.1. The van der Waals surface area contributed by atoms with Crippen LogP contribution >= 0.6 is 0 Å². The summed E-state index contributed by atoms with van der Waals surface area (Å²) in [5.74, 6) is 0. The molecule has 0 radical (unpaired) electrons. The van der Waals surface area contributed by atoms with E-state index in [2.05, 4.69) is 31.2 Å². The highest BCUT2D eigenvalue weighted by Crippen LogP contribution is 2.11. The lowest BCUT2D eigenvalue weighted by Crippen LogP contribution is -2.00. The molecule has 76 valence electrons. The second kappa shape index (κ2) is 4.97. The van der Waals surface area contributed by atoms with E-state index in [0.717, 1.165) is 17.6 Å². The number of benzene rings is 1. The van der Waals surface area contributed by atoms with E-state index in [1.165, 1.54) is 5.56 Å². The Kier molecular flexibility index (Phi) is 3.90. The Hall–Kier alpha value is -1.08. The molecule has 1 N–H and O–H groups in total. The van der Waals surface area contributed by atoms with Gasteiger partial charge in [0.15, 0.2) is 0 Å². The lowest BCUT2D eigenvalue weighted by atomic mass is 10.1. The van der Waals surface area contributed by atoms with Crippen LogP contribution < -0.4 is 0 Å². The first-order chi connectivity index (χ1) is 6.63. The molecule has 1 atom stereocenters. The first-order valence-corrected chi connectivity index (χ1v) is 5.08. The fraction of sp³-hybridized carbons (Fsp3) is 0.385. The van der Waals surface area contributed by atoms with Crippen molar-refractivity contribution >= 4 is 6.08 Å². The Balaban J connectivity index is 2.83. The van der Waals surface area contributed by atoms with Gasteiger partial charge in [0.05, 0.1) is 6.10 Å². The van der Waals surface area contributed by atoms with Crippen LogP contribution in [0.15, 0.2) is 29.8 Å². The highest BCUT2D eigenvalue weighted by atomic mass is 16.3. The highest BCUT2D eigenvalue weighted by Gasteiger charge is 1.97. The average molecular weight is 190 g/mol. The molecule has 0 fully saturated rings. The van der Waals surface area contributed by atoms with Gasteiger partial charge in [-0.2, -0.15) is 0 Å².